The molecule has 0 aromatic carbocycles. The number of nitrogens with zero attached hydrogens (tertiary/aromatic N) is 3. The van der Waals surface area contributed by atoms with Crippen molar-refractivity contribution in [1.29, 1.82) is 0 Å². The molecule has 2 aromatic rings. The lowest BCUT2D eigenvalue weighted by atomic mass is 9.94. The van der Waals surface area contributed by atoms with E-state index in [1.54, 1.807) is 4.52 Å². The van der Waals surface area contributed by atoms with Crippen molar-refractivity contribution in [2.24, 2.45) is 5.92 Å². The van der Waals surface area contributed by atoms with Crippen LogP contribution in [0.15, 0.2) is 18.3 Å². The summed E-state index contributed by atoms with van der Waals surface area (Å²) in [7, 11) is 0. The summed E-state index contributed by atoms with van der Waals surface area (Å²) in [6.07, 6.45) is 5.27. The van der Waals surface area contributed by atoms with Crippen LogP contribution in [0.25, 0.3) is 5.65 Å². The van der Waals surface area contributed by atoms with Crippen LogP contribution in [-0.4, -0.2) is 27.7 Å². The normalized spacial score (nSPS) is 17.7. The second-order valence-corrected chi connectivity index (χ2v) is 4.96. The number of piperidine rings is 1. The van der Waals surface area contributed by atoms with E-state index in [1.165, 1.54) is 12.8 Å². The minimum atomic E-state index is 0.663. The highest BCUT2D eigenvalue weighted by atomic mass is 35.5. The summed E-state index contributed by atoms with van der Waals surface area (Å²) in [4.78, 5) is 4.51. The standard InChI is InChI=1S/C12H15ClN4/c13-10-2-1-7-17-12(10)15-11(16-17)8-9-3-5-14-6-4-9/h1-2,7,9,14H,3-6,8H2. The highest BCUT2D eigenvalue weighted by Gasteiger charge is 2.16. The Kier molecular flexibility index (Phi) is 2.99. The lowest BCUT2D eigenvalue weighted by Gasteiger charge is -2.20. The zero-order valence-electron chi connectivity index (χ0n) is 9.56. The van der Waals surface area contributed by atoms with Gasteiger partial charge < -0.3 is 5.32 Å². The lowest BCUT2D eigenvalue weighted by molar-refractivity contribution is 0.367. The van der Waals surface area contributed by atoms with Crippen molar-refractivity contribution in [3.05, 3.63) is 29.2 Å². The molecule has 0 aliphatic carbocycles. The van der Waals surface area contributed by atoms with Crippen molar-refractivity contribution in [2.45, 2.75) is 19.3 Å². The first kappa shape index (κ1) is 11.0. The molecule has 90 valence electrons. The SMILES string of the molecule is Clc1cccn2nc(CC3CCNCC3)nc12. The molecule has 1 N–H and O–H groups in total. The Morgan fingerprint density at radius 2 is 2.24 bits per heavy atom. The molecule has 0 bridgehead atoms. The Morgan fingerprint density at radius 3 is 3.00 bits per heavy atom. The van der Waals surface area contributed by atoms with Crippen LogP contribution in [-0.2, 0) is 6.42 Å². The molecule has 0 atom stereocenters. The van der Waals surface area contributed by atoms with Gasteiger partial charge in [0.2, 0.25) is 0 Å². The van der Waals surface area contributed by atoms with Gasteiger partial charge in [-0.15, -0.1) is 0 Å². The Hall–Kier alpha value is -1.13. The van der Waals surface area contributed by atoms with E-state index >= 15 is 0 Å². The van der Waals surface area contributed by atoms with Gasteiger partial charge in [-0.3, -0.25) is 0 Å². The van der Waals surface area contributed by atoms with Crippen molar-refractivity contribution >= 4 is 17.2 Å². The second kappa shape index (κ2) is 4.63. The van der Waals surface area contributed by atoms with E-state index in [-0.39, 0.29) is 0 Å². The van der Waals surface area contributed by atoms with E-state index in [9.17, 15) is 0 Å². The van der Waals surface area contributed by atoms with Gasteiger partial charge in [0.15, 0.2) is 11.5 Å². The van der Waals surface area contributed by atoms with Crippen LogP contribution in [0.1, 0.15) is 18.7 Å². The molecule has 5 heteroatoms. The number of pyridine rings is 1. The van der Waals surface area contributed by atoms with Crippen LogP contribution in [0.4, 0.5) is 0 Å². The van der Waals surface area contributed by atoms with Crippen LogP contribution in [0.3, 0.4) is 0 Å². The van der Waals surface area contributed by atoms with Gasteiger partial charge >= 0.3 is 0 Å². The van der Waals surface area contributed by atoms with Crippen molar-refractivity contribution in [2.75, 3.05) is 13.1 Å². The van der Waals surface area contributed by atoms with E-state index in [1.807, 2.05) is 18.3 Å². The average Bonchev–Trinajstić information content (AvgIpc) is 2.74. The van der Waals surface area contributed by atoms with Crippen molar-refractivity contribution < 1.29 is 0 Å². The van der Waals surface area contributed by atoms with Gasteiger partial charge in [0.1, 0.15) is 0 Å². The summed E-state index contributed by atoms with van der Waals surface area (Å²) >= 11 is 6.08. The van der Waals surface area contributed by atoms with E-state index in [2.05, 4.69) is 15.4 Å². The third kappa shape index (κ3) is 2.28. The molecule has 0 spiro atoms. The molecule has 17 heavy (non-hydrogen) atoms. The molecule has 3 heterocycles. The van der Waals surface area contributed by atoms with Crippen molar-refractivity contribution in [3.63, 3.8) is 0 Å². The Labute approximate surface area is 105 Å². The highest BCUT2D eigenvalue weighted by Crippen LogP contribution is 2.19. The fourth-order valence-corrected chi connectivity index (χ4v) is 2.55. The van der Waals surface area contributed by atoms with Gasteiger partial charge in [0, 0.05) is 12.6 Å². The first-order chi connectivity index (χ1) is 8.33. The molecule has 0 saturated carbocycles. The number of rotatable bonds is 2. The lowest BCUT2D eigenvalue weighted by Crippen LogP contribution is -2.28. The quantitative estimate of drug-likeness (QED) is 0.886. The smallest absolute Gasteiger partial charge is 0.174 e. The molecule has 1 fully saturated rings. The molecule has 0 radical (unpaired) electrons. The molecule has 1 saturated heterocycles. The topological polar surface area (TPSA) is 42.2 Å². The summed E-state index contributed by atoms with van der Waals surface area (Å²) in [5, 5.41) is 8.50. The summed E-state index contributed by atoms with van der Waals surface area (Å²) in [5.41, 5.74) is 0.762. The predicted octanol–water partition coefficient (Wildman–Crippen LogP) is 1.92. The first-order valence-corrected chi connectivity index (χ1v) is 6.41. The molecule has 3 rings (SSSR count). The molecule has 0 unspecified atom stereocenters. The number of hydrogen-bond acceptors (Lipinski definition) is 3. The molecule has 1 aliphatic heterocycles. The van der Waals surface area contributed by atoms with E-state index in [0.717, 1.165) is 31.0 Å². The molecular formula is C12H15ClN4. The summed E-state index contributed by atoms with van der Waals surface area (Å²) < 4.78 is 1.76. The van der Waals surface area contributed by atoms with Crippen LogP contribution >= 0.6 is 11.6 Å². The van der Waals surface area contributed by atoms with Gasteiger partial charge in [0.25, 0.3) is 0 Å². The molecular weight excluding hydrogens is 236 g/mol. The van der Waals surface area contributed by atoms with Crippen LogP contribution in [0.2, 0.25) is 5.02 Å². The molecule has 4 nitrogen and oxygen atoms in total. The van der Waals surface area contributed by atoms with E-state index in [0.29, 0.717) is 10.9 Å². The maximum absolute atomic E-state index is 6.08. The largest absolute Gasteiger partial charge is 0.317 e. The maximum atomic E-state index is 6.08. The van der Waals surface area contributed by atoms with Crippen LogP contribution in [0, 0.1) is 5.92 Å². The van der Waals surface area contributed by atoms with E-state index in [4.69, 9.17) is 11.6 Å². The number of hydrogen-bond donors (Lipinski definition) is 1. The number of aromatic nitrogens is 3. The number of nitrogens with one attached hydrogen (secondary N) is 1. The molecule has 1 aliphatic rings. The van der Waals surface area contributed by atoms with Gasteiger partial charge in [-0.2, -0.15) is 5.10 Å². The zero-order chi connectivity index (χ0) is 11.7. The average molecular weight is 251 g/mol. The van der Waals surface area contributed by atoms with Gasteiger partial charge in [-0.05, 0) is 44.0 Å². The first-order valence-electron chi connectivity index (χ1n) is 6.03. The monoisotopic (exact) mass is 250 g/mol. The fraction of sp³-hybridized carbons (Fsp3) is 0.500. The summed E-state index contributed by atoms with van der Waals surface area (Å²) in [6.45, 7) is 2.22. The minimum absolute atomic E-state index is 0.663. The maximum Gasteiger partial charge on any atom is 0.174 e. The van der Waals surface area contributed by atoms with Crippen molar-refractivity contribution in [1.82, 2.24) is 19.9 Å². The van der Waals surface area contributed by atoms with Gasteiger partial charge in [-0.1, -0.05) is 11.6 Å². The third-order valence-electron chi connectivity index (χ3n) is 3.29. The number of halogens is 1. The molecule has 0 amide bonds. The van der Waals surface area contributed by atoms with Crippen LogP contribution in [0.5, 0.6) is 0 Å². The minimum Gasteiger partial charge on any atom is -0.317 e. The van der Waals surface area contributed by atoms with Gasteiger partial charge in [0.05, 0.1) is 5.02 Å². The summed E-state index contributed by atoms with van der Waals surface area (Å²) in [5.74, 6) is 1.61. The Balaban J connectivity index is 1.83. The fourth-order valence-electron chi connectivity index (χ4n) is 2.35. The highest BCUT2D eigenvalue weighted by molar-refractivity contribution is 6.33. The third-order valence-corrected chi connectivity index (χ3v) is 3.58. The number of fused-ring (bicyclic) bond motifs is 1. The summed E-state index contributed by atoms with van der Waals surface area (Å²) in [6, 6.07) is 3.73. The predicted molar refractivity (Wildman–Crippen MR) is 67.3 cm³/mol. The Bertz CT molecular complexity index is 516. The van der Waals surface area contributed by atoms with Gasteiger partial charge in [-0.25, -0.2) is 9.50 Å². The van der Waals surface area contributed by atoms with E-state index < -0.39 is 0 Å². The van der Waals surface area contributed by atoms with Crippen LogP contribution < -0.4 is 5.32 Å². The Morgan fingerprint density at radius 1 is 1.41 bits per heavy atom. The van der Waals surface area contributed by atoms with Crippen molar-refractivity contribution in [3.8, 4) is 0 Å². The second-order valence-electron chi connectivity index (χ2n) is 4.55. The zero-order valence-corrected chi connectivity index (χ0v) is 10.3. The molecule has 2 aromatic heterocycles.